The van der Waals surface area contributed by atoms with E-state index in [0.717, 1.165) is 29.5 Å². The van der Waals surface area contributed by atoms with E-state index in [2.05, 4.69) is 4.74 Å². The molecule has 3 rings (SSSR count). The van der Waals surface area contributed by atoms with Crippen LogP contribution in [0.4, 0.5) is 22.0 Å². The van der Waals surface area contributed by atoms with Crippen molar-refractivity contribution in [2.75, 3.05) is 0 Å². The second-order valence-electron chi connectivity index (χ2n) is 6.76. The summed E-state index contributed by atoms with van der Waals surface area (Å²) < 4.78 is 69.3. The third-order valence-electron chi connectivity index (χ3n) is 4.49. The summed E-state index contributed by atoms with van der Waals surface area (Å²) in [6.45, 7) is 2.04. The largest absolute Gasteiger partial charge is 0.429 e. The number of hydrogen-bond donors (Lipinski definition) is 0. The number of halogens is 5. The standard InChI is InChI=1S/C24H19F5O/c1-2-3-16-4-13-21(22(25)14-16)19-7-5-17(6-8-19)18-9-11-20(12-10-18)30-24(28,29)15-23(26)27/h4-15H,2-3H2,1H3. The van der Waals surface area contributed by atoms with Crippen LogP contribution in [0.5, 0.6) is 5.75 Å². The van der Waals surface area contributed by atoms with Crippen molar-refractivity contribution in [3.05, 3.63) is 90.3 Å². The van der Waals surface area contributed by atoms with Gasteiger partial charge in [0.25, 0.3) is 6.08 Å². The SMILES string of the molecule is CCCc1ccc(-c2ccc(-c3ccc(OC(F)(F)C=C(F)F)cc3)cc2)c(F)c1. The zero-order chi connectivity index (χ0) is 21.7. The molecule has 0 aliphatic heterocycles. The van der Waals surface area contributed by atoms with Crippen LogP contribution in [-0.2, 0) is 6.42 Å². The van der Waals surface area contributed by atoms with E-state index in [9.17, 15) is 22.0 Å². The van der Waals surface area contributed by atoms with Crippen LogP contribution in [-0.4, -0.2) is 6.11 Å². The highest BCUT2D eigenvalue weighted by molar-refractivity contribution is 5.71. The van der Waals surface area contributed by atoms with E-state index in [1.165, 1.54) is 24.3 Å². The molecular formula is C24H19F5O. The number of benzene rings is 3. The highest BCUT2D eigenvalue weighted by Gasteiger charge is 2.30. The molecule has 0 heterocycles. The Kier molecular flexibility index (Phi) is 6.55. The summed E-state index contributed by atoms with van der Waals surface area (Å²) in [5, 5.41) is 0. The number of rotatable bonds is 7. The average Bonchev–Trinajstić information content (AvgIpc) is 2.68. The molecule has 30 heavy (non-hydrogen) atoms. The van der Waals surface area contributed by atoms with Crippen LogP contribution in [0.3, 0.4) is 0 Å². The predicted octanol–water partition coefficient (Wildman–Crippen LogP) is 7.86. The normalized spacial score (nSPS) is 11.3. The summed E-state index contributed by atoms with van der Waals surface area (Å²) >= 11 is 0. The van der Waals surface area contributed by atoms with Crippen LogP contribution in [0.25, 0.3) is 22.3 Å². The molecule has 0 bridgehead atoms. The minimum Gasteiger partial charge on any atom is -0.429 e. The molecule has 0 N–H and O–H groups in total. The minimum absolute atomic E-state index is 0.243. The van der Waals surface area contributed by atoms with Gasteiger partial charge < -0.3 is 4.74 Å². The van der Waals surface area contributed by atoms with Crippen molar-refractivity contribution < 1.29 is 26.7 Å². The van der Waals surface area contributed by atoms with Gasteiger partial charge in [0.05, 0.1) is 6.08 Å². The minimum atomic E-state index is -4.10. The highest BCUT2D eigenvalue weighted by Crippen LogP contribution is 2.30. The average molecular weight is 418 g/mol. The first-order valence-electron chi connectivity index (χ1n) is 9.37. The molecule has 6 heteroatoms. The van der Waals surface area contributed by atoms with Gasteiger partial charge in [-0.15, -0.1) is 0 Å². The van der Waals surface area contributed by atoms with E-state index in [4.69, 9.17) is 0 Å². The Hall–Kier alpha value is -3.15. The molecule has 0 fully saturated rings. The van der Waals surface area contributed by atoms with Crippen LogP contribution in [0.15, 0.2) is 78.9 Å². The summed E-state index contributed by atoms with van der Waals surface area (Å²) in [7, 11) is 0. The molecule has 0 atom stereocenters. The van der Waals surface area contributed by atoms with Crippen LogP contribution < -0.4 is 4.74 Å². The summed E-state index contributed by atoms with van der Waals surface area (Å²) in [5.41, 5.74) is 3.67. The molecule has 0 unspecified atom stereocenters. The van der Waals surface area contributed by atoms with Crippen molar-refractivity contribution in [3.8, 4) is 28.0 Å². The van der Waals surface area contributed by atoms with E-state index in [-0.39, 0.29) is 11.6 Å². The Balaban J connectivity index is 1.76. The van der Waals surface area contributed by atoms with E-state index in [1.54, 1.807) is 36.4 Å². The van der Waals surface area contributed by atoms with Gasteiger partial charge >= 0.3 is 6.11 Å². The fourth-order valence-corrected chi connectivity index (χ4v) is 3.11. The van der Waals surface area contributed by atoms with Crippen molar-refractivity contribution in [1.82, 2.24) is 0 Å². The Morgan fingerprint density at radius 2 is 1.43 bits per heavy atom. The Morgan fingerprint density at radius 1 is 0.867 bits per heavy atom. The third kappa shape index (κ3) is 5.47. The Labute approximate surface area is 171 Å². The molecule has 156 valence electrons. The molecule has 0 spiro atoms. The van der Waals surface area contributed by atoms with Gasteiger partial charge in [-0.25, -0.2) is 4.39 Å². The predicted molar refractivity (Wildman–Crippen MR) is 107 cm³/mol. The summed E-state index contributed by atoms with van der Waals surface area (Å²) in [5.74, 6) is -0.526. The van der Waals surface area contributed by atoms with Crippen molar-refractivity contribution in [1.29, 1.82) is 0 Å². The fourth-order valence-electron chi connectivity index (χ4n) is 3.11. The first-order chi connectivity index (χ1) is 14.3. The van der Waals surface area contributed by atoms with Crippen LogP contribution in [0.1, 0.15) is 18.9 Å². The number of hydrogen-bond acceptors (Lipinski definition) is 1. The lowest BCUT2D eigenvalue weighted by Gasteiger charge is -2.14. The van der Waals surface area contributed by atoms with Crippen LogP contribution in [0.2, 0.25) is 0 Å². The lowest BCUT2D eigenvalue weighted by Crippen LogP contribution is -2.21. The molecule has 0 amide bonds. The van der Waals surface area contributed by atoms with Gasteiger partial charge in [-0.1, -0.05) is 61.9 Å². The third-order valence-corrected chi connectivity index (χ3v) is 4.49. The van der Waals surface area contributed by atoms with Gasteiger partial charge in [0.2, 0.25) is 0 Å². The zero-order valence-electron chi connectivity index (χ0n) is 16.1. The van der Waals surface area contributed by atoms with E-state index < -0.39 is 18.3 Å². The Morgan fingerprint density at radius 3 is 1.97 bits per heavy atom. The fraction of sp³-hybridized carbons (Fsp3) is 0.167. The Bertz CT molecular complexity index is 1020. The van der Waals surface area contributed by atoms with Crippen molar-refractivity contribution in [3.63, 3.8) is 0 Å². The van der Waals surface area contributed by atoms with E-state index in [0.29, 0.717) is 11.1 Å². The van der Waals surface area contributed by atoms with E-state index in [1.807, 2.05) is 13.0 Å². The molecule has 3 aromatic carbocycles. The van der Waals surface area contributed by atoms with Gasteiger partial charge in [-0.05, 0) is 46.9 Å². The zero-order valence-corrected chi connectivity index (χ0v) is 16.1. The number of alkyl halides is 2. The van der Waals surface area contributed by atoms with Gasteiger partial charge in [0.15, 0.2) is 0 Å². The molecule has 0 radical (unpaired) electrons. The topological polar surface area (TPSA) is 9.23 Å². The maximum Gasteiger partial charge on any atom is 0.425 e. The van der Waals surface area contributed by atoms with Gasteiger partial charge in [-0.3, -0.25) is 0 Å². The monoisotopic (exact) mass is 418 g/mol. The quantitative estimate of drug-likeness (QED) is 0.355. The van der Waals surface area contributed by atoms with Crippen molar-refractivity contribution >= 4 is 0 Å². The maximum absolute atomic E-state index is 14.4. The smallest absolute Gasteiger partial charge is 0.425 e. The molecular weight excluding hydrogens is 399 g/mol. The molecule has 0 saturated carbocycles. The van der Waals surface area contributed by atoms with E-state index >= 15 is 0 Å². The second kappa shape index (κ2) is 9.11. The van der Waals surface area contributed by atoms with Gasteiger partial charge in [-0.2, -0.15) is 17.6 Å². The van der Waals surface area contributed by atoms with Crippen molar-refractivity contribution in [2.24, 2.45) is 0 Å². The molecule has 1 nitrogen and oxygen atoms in total. The first kappa shape index (κ1) is 21.6. The lowest BCUT2D eigenvalue weighted by atomic mass is 9.98. The lowest BCUT2D eigenvalue weighted by molar-refractivity contribution is -0.133. The molecule has 0 aromatic heterocycles. The second-order valence-corrected chi connectivity index (χ2v) is 6.76. The van der Waals surface area contributed by atoms with Gasteiger partial charge in [0, 0.05) is 5.56 Å². The molecule has 0 saturated heterocycles. The summed E-state index contributed by atoms with van der Waals surface area (Å²) in [6.07, 6.45) is -5.40. The van der Waals surface area contributed by atoms with Crippen LogP contribution in [0, 0.1) is 5.82 Å². The molecule has 3 aromatic rings. The molecule has 0 aliphatic rings. The van der Waals surface area contributed by atoms with Crippen molar-refractivity contribution in [2.45, 2.75) is 25.9 Å². The number of ether oxygens (including phenoxy) is 1. The number of aryl methyl sites for hydroxylation is 1. The summed E-state index contributed by atoms with van der Waals surface area (Å²) in [6, 6.07) is 18.0. The maximum atomic E-state index is 14.4. The first-order valence-corrected chi connectivity index (χ1v) is 9.37. The van der Waals surface area contributed by atoms with Crippen LogP contribution >= 0.6 is 0 Å². The highest BCUT2D eigenvalue weighted by atomic mass is 19.3. The molecule has 0 aliphatic carbocycles. The summed E-state index contributed by atoms with van der Waals surface area (Å²) in [4.78, 5) is 0. The van der Waals surface area contributed by atoms with Gasteiger partial charge in [0.1, 0.15) is 11.6 Å².